The van der Waals surface area contributed by atoms with E-state index in [1.54, 1.807) is 6.08 Å². The van der Waals surface area contributed by atoms with Gasteiger partial charge in [-0.2, -0.15) is 5.26 Å². The van der Waals surface area contributed by atoms with Crippen LogP contribution in [0.4, 0.5) is 4.79 Å². The molecule has 2 amide bonds. The van der Waals surface area contributed by atoms with Gasteiger partial charge in [0.25, 0.3) is 11.1 Å². The summed E-state index contributed by atoms with van der Waals surface area (Å²) in [6, 6.07) is 9.72. The zero-order valence-corrected chi connectivity index (χ0v) is 12.8. The molecular formula is C17H11N3O2S. The highest BCUT2D eigenvalue weighted by Gasteiger charge is 2.34. The monoisotopic (exact) mass is 321 g/mol. The summed E-state index contributed by atoms with van der Waals surface area (Å²) < 4.78 is 1.81. The first-order valence-electron chi connectivity index (χ1n) is 6.79. The first-order valence-corrected chi connectivity index (χ1v) is 7.61. The topological polar surface area (TPSA) is 66.1 Å². The number of thioether (sulfide) groups is 1. The van der Waals surface area contributed by atoms with Gasteiger partial charge in [0.15, 0.2) is 0 Å². The van der Waals surface area contributed by atoms with Gasteiger partial charge in [0.1, 0.15) is 6.54 Å². The van der Waals surface area contributed by atoms with Crippen molar-refractivity contribution in [2.75, 3.05) is 6.54 Å². The molecular weight excluding hydrogens is 310 g/mol. The summed E-state index contributed by atoms with van der Waals surface area (Å²) in [7, 11) is 0. The lowest BCUT2D eigenvalue weighted by atomic mass is 10.1. The van der Waals surface area contributed by atoms with Crippen LogP contribution in [0.25, 0.3) is 17.0 Å². The standard InChI is InChI=1S/C17H11N3O2S/c1-2-8-20-16(21)15(23-17(20)22)10-12-11-19(9-7-18)14-6-4-3-5-13(12)14/h1,3-6,10-11H,8-9H2. The normalized spacial score (nSPS) is 16.1. The van der Waals surface area contributed by atoms with Crippen molar-refractivity contribution in [1.82, 2.24) is 9.47 Å². The van der Waals surface area contributed by atoms with E-state index in [1.165, 1.54) is 0 Å². The molecule has 0 aliphatic carbocycles. The van der Waals surface area contributed by atoms with Crippen LogP contribution in [0.5, 0.6) is 0 Å². The highest BCUT2D eigenvalue weighted by atomic mass is 32.2. The first kappa shape index (κ1) is 15.0. The van der Waals surface area contributed by atoms with Crippen LogP contribution in [0.2, 0.25) is 0 Å². The second kappa shape index (κ2) is 6.04. The third-order valence-corrected chi connectivity index (χ3v) is 4.38. The van der Waals surface area contributed by atoms with Gasteiger partial charge >= 0.3 is 0 Å². The molecule has 5 nitrogen and oxygen atoms in total. The fourth-order valence-corrected chi connectivity index (χ4v) is 3.30. The molecule has 0 atom stereocenters. The van der Waals surface area contributed by atoms with Gasteiger partial charge in [-0.15, -0.1) is 6.42 Å². The van der Waals surface area contributed by atoms with Crippen LogP contribution in [-0.4, -0.2) is 27.2 Å². The molecule has 1 aromatic heterocycles. The second-order valence-electron chi connectivity index (χ2n) is 4.86. The number of nitrogens with zero attached hydrogens (tertiary/aromatic N) is 3. The van der Waals surface area contributed by atoms with E-state index in [9.17, 15) is 9.59 Å². The smallest absolute Gasteiger partial charge is 0.294 e. The largest absolute Gasteiger partial charge is 0.333 e. The average Bonchev–Trinajstić information content (AvgIpc) is 3.02. The number of rotatable bonds is 3. The molecule has 1 saturated heterocycles. The third kappa shape index (κ3) is 2.61. The Balaban J connectivity index is 2.05. The Morgan fingerprint density at radius 1 is 1.26 bits per heavy atom. The van der Waals surface area contributed by atoms with Crippen molar-refractivity contribution < 1.29 is 9.59 Å². The van der Waals surface area contributed by atoms with Gasteiger partial charge in [0.2, 0.25) is 0 Å². The van der Waals surface area contributed by atoms with Gasteiger partial charge in [-0.3, -0.25) is 14.5 Å². The summed E-state index contributed by atoms with van der Waals surface area (Å²) >= 11 is 0.876. The third-order valence-electron chi connectivity index (χ3n) is 3.47. The molecule has 2 aromatic rings. The van der Waals surface area contributed by atoms with Crippen molar-refractivity contribution in [3.63, 3.8) is 0 Å². The number of benzene rings is 1. The predicted molar refractivity (Wildman–Crippen MR) is 89.1 cm³/mol. The van der Waals surface area contributed by atoms with Crippen molar-refractivity contribution in [3.05, 3.63) is 40.9 Å². The quantitative estimate of drug-likeness (QED) is 0.644. The molecule has 3 rings (SSSR count). The van der Waals surface area contributed by atoms with E-state index in [4.69, 9.17) is 11.7 Å². The van der Waals surface area contributed by atoms with E-state index < -0.39 is 0 Å². The summed E-state index contributed by atoms with van der Waals surface area (Å²) in [5, 5.41) is 9.49. The maximum atomic E-state index is 12.2. The van der Waals surface area contributed by atoms with Crippen molar-refractivity contribution >= 4 is 39.9 Å². The minimum atomic E-state index is -0.380. The molecule has 0 radical (unpaired) electrons. The predicted octanol–water partition coefficient (Wildman–Crippen LogP) is 2.83. The van der Waals surface area contributed by atoms with E-state index in [1.807, 2.05) is 35.0 Å². The Morgan fingerprint density at radius 2 is 2.04 bits per heavy atom. The lowest BCUT2D eigenvalue weighted by Gasteiger charge is -2.06. The number of para-hydroxylation sites is 1. The van der Waals surface area contributed by atoms with Crippen LogP contribution in [0.15, 0.2) is 35.4 Å². The molecule has 6 heteroatoms. The van der Waals surface area contributed by atoms with Crippen molar-refractivity contribution in [3.8, 4) is 18.4 Å². The molecule has 112 valence electrons. The maximum Gasteiger partial charge on any atom is 0.294 e. The fraction of sp³-hybridized carbons (Fsp3) is 0.118. The number of carbonyl (C=O) groups is 2. The van der Waals surface area contributed by atoms with Crippen LogP contribution in [0.3, 0.4) is 0 Å². The van der Waals surface area contributed by atoms with E-state index in [2.05, 4.69) is 12.0 Å². The molecule has 1 aliphatic rings. The molecule has 2 heterocycles. The number of imide groups is 1. The summed E-state index contributed by atoms with van der Waals surface area (Å²) in [6.07, 6.45) is 8.67. The molecule has 0 spiro atoms. The van der Waals surface area contributed by atoms with Crippen molar-refractivity contribution in [2.24, 2.45) is 0 Å². The van der Waals surface area contributed by atoms with Gasteiger partial charge in [0, 0.05) is 22.7 Å². The number of nitriles is 1. The van der Waals surface area contributed by atoms with E-state index in [0.29, 0.717) is 4.91 Å². The van der Waals surface area contributed by atoms with Crippen LogP contribution in [0, 0.1) is 23.7 Å². The maximum absolute atomic E-state index is 12.2. The summed E-state index contributed by atoms with van der Waals surface area (Å²) in [5.74, 6) is 1.93. The van der Waals surface area contributed by atoms with E-state index >= 15 is 0 Å². The molecule has 1 aromatic carbocycles. The van der Waals surface area contributed by atoms with Crippen LogP contribution in [-0.2, 0) is 11.3 Å². The van der Waals surface area contributed by atoms with Gasteiger partial charge in [0.05, 0.1) is 17.5 Å². The molecule has 23 heavy (non-hydrogen) atoms. The highest BCUT2D eigenvalue weighted by Crippen LogP contribution is 2.33. The number of fused-ring (bicyclic) bond motifs is 1. The number of hydrogen-bond acceptors (Lipinski definition) is 4. The summed E-state index contributed by atoms with van der Waals surface area (Å²) in [5.41, 5.74) is 1.70. The minimum Gasteiger partial charge on any atom is -0.333 e. The number of aromatic nitrogens is 1. The molecule has 0 N–H and O–H groups in total. The Labute approximate surface area is 137 Å². The molecule has 1 aliphatic heterocycles. The van der Waals surface area contributed by atoms with Crippen LogP contribution < -0.4 is 0 Å². The number of hydrogen-bond donors (Lipinski definition) is 0. The Hall–Kier alpha value is -2.96. The van der Waals surface area contributed by atoms with Crippen molar-refractivity contribution in [2.45, 2.75) is 6.54 Å². The minimum absolute atomic E-state index is 0.0296. The van der Waals surface area contributed by atoms with Gasteiger partial charge in [-0.1, -0.05) is 24.1 Å². The van der Waals surface area contributed by atoms with Crippen LogP contribution >= 0.6 is 11.8 Å². The molecule has 1 fully saturated rings. The Kier molecular flexibility index (Phi) is 3.92. The molecule has 0 unspecified atom stereocenters. The first-order chi connectivity index (χ1) is 11.2. The SMILES string of the molecule is C#CCN1C(=O)SC(=Cc2cn(CC#N)c3ccccc23)C1=O. The zero-order valence-electron chi connectivity index (χ0n) is 12.0. The lowest BCUT2D eigenvalue weighted by molar-refractivity contribution is -0.122. The summed E-state index contributed by atoms with van der Waals surface area (Å²) in [6.45, 7) is 0.186. The second-order valence-corrected chi connectivity index (χ2v) is 5.85. The number of terminal acetylenes is 1. The van der Waals surface area contributed by atoms with E-state index in [-0.39, 0.29) is 24.2 Å². The van der Waals surface area contributed by atoms with Crippen LogP contribution in [0.1, 0.15) is 5.56 Å². The van der Waals surface area contributed by atoms with E-state index in [0.717, 1.165) is 33.1 Å². The Bertz CT molecular complexity index is 927. The summed E-state index contributed by atoms with van der Waals surface area (Å²) in [4.78, 5) is 25.5. The number of amides is 2. The molecule has 0 saturated carbocycles. The average molecular weight is 321 g/mol. The lowest BCUT2D eigenvalue weighted by Crippen LogP contribution is -2.28. The van der Waals surface area contributed by atoms with Gasteiger partial charge in [-0.05, 0) is 23.9 Å². The number of carbonyl (C=O) groups excluding carboxylic acids is 2. The Morgan fingerprint density at radius 3 is 2.78 bits per heavy atom. The molecule has 0 bridgehead atoms. The van der Waals surface area contributed by atoms with Crippen molar-refractivity contribution in [1.29, 1.82) is 5.26 Å². The van der Waals surface area contributed by atoms with Gasteiger partial charge < -0.3 is 4.57 Å². The van der Waals surface area contributed by atoms with Gasteiger partial charge in [-0.25, -0.2) is 0 Å². The fourth-order valence-electron chi connectivity index (χ4n) is 2.47. The zero-order chi connectivity index (χ0) is 16.4. The highest BCUT2D eigenvalue weighted by molar-refractivity contribution is 8.18.